The van der Waals surface area contributed by atoms with Crippen LogP contribution >= 0.6 is 11.8 Å². The summed E-state index contributed by atoms with van der Waals surface area (Å²) in [6.07, 6.45) is 1.77. The normalized spacial score (nSPS) is 16.6. The fraction of sp³-hybridized carbons (Fsp3) is 0.615. The number of anilines is 1. The molecule has 18 heavy (non-hydrogen) atoms. The van der Waals surface area contributed by atoms with Crippen molar-refractivity contribution < 1.29 is 4.74 Å². The van der Waals surface area contributed by atoms with Crippen LogP contribution in [-0.2, 0) is 0 Å². The molecule has 0 radical (unpaired) electrons. The number of nitrogens with one attached hydrogen (secondary N) is 1. The van der Waals surface area contributed by atoms with Crippen LogP contribution in [0.3, 0.4) is 0 Å². The van der Waals surface area contributed by atoms with Gasteiger partial charge in [0.1, 0.15) is 0 Å². The molecule has 1 aromatic heterocycles. The lowest BCUT2D eigenvalue weighted by Gasteiger charge is -2.26. The summed E-state index contributed by atoms with van der Waals surface area (Å²) in [5.41, 5.74) is 2.05. The standard InChI is InChI=1S/C13H21N3OS/c1-11-9-12(13(17-2)10-15-11)14-3-4-16-5-7-18-8-6-16/h9-10H,3-8H2,1-2H3,(H,14,15). The number of aryl methyl sites for hydroxylation is 1. The Morgan fingerprint density at radius 3 is 2.94 bits per heavy atom. The van der Waals surface area contributed by atoms with E-state index < -0.39 is 0 Å². The minimum absolute atomic E-state index is 0.815. The van der Waals surface area contributed by atoms with Crippen molar-refractivity contribution in [3.63, 3.8) is 0 Å². The third kappa shape index (κ3) is 3.78. The smallest absolute Gasteiger partial charge is 0.160 e. The number of hydrogen-bond acceptors (Lipinski definition) is 5. The maximum Gasteiger partial charge on any atom is 0.160 e. The number of thioether (sulfide) groups is 1. The Kier molecular flexibility index (Phi) is 5.13. The first-order valence-corrected chi connectivity index (χ1v) is 7.49. The lowest BCUT2D eigenvalue weighted by Crippen LogP contribution is -2.36. The molecule has 0 unspecified atom stereocenters. The second-order valence-corrected chi connectivity index (χ2v) is 5.63. The molecule has 4 nitrogen and oxygen atoms in total. The van der Waals surface area contributed by atoms with Gasteiger partial charge in [0.25, 0.3) is 0 Å². The SMILES string of the molecule is COc1cnc(C)cc1NCCN1CCSCC1. The Hall–Kier alpha value is -0.940. The van der Waals surface area contributed by atoms with Crippen LogP contribution in [0, 0.1) is 6.92 Å². The van der Waals surface area contributed by atoms with E-state index in [-0.39, 0.29) is 0 Å². The highest BCUT2D eigenvalue weighted by Gasteiger charge is 2.10. The van der Waals surface area contributed by atoms with E-state index in [1.54, 1.807) is 13.3 Å². The van der Waals surface area contributed by atoms with Gasteiger partial charge >= 0.3 is 0 Å². The van der Waals surface area contributed by atoms with Gasteiger partial charge in [-0.25, -0.2) is 0 Å². The van der Waals surface area contributed by atoms with Crippen molar-refractivity contribution in [3.8, 4) is 5.75 Å². The van der Waals surface area contributed by atoms with E-state index >= 15 is 0 Å². The quantitative estimate of drug-likeness (QED) is 0.881. The van der Waals surface area contributed by atoms with Crippen molar-refractivity contribution in [3.05, 3.63) is 18.0 Å². The fourth-order valence-corrected chi connectivity index (χ4v) is 3.00. The maximum absolute atomic E-state index is 5.30. The zero-order valence-corrected chi connectivity index (χ0v) is 11.9. The minimum Gasteiger partial charge on any atom is -0.493 e. The lowest BCUT2D eigenvalue weighted by molar-refractivity contribution is 0.314. The first kappa shape index (κ1) is 13.5. The first-order chi connectivity index (χ1) is 8.79. The van der Waals surface area contributed by atoms with E-state index in [4.69, 9.17) is 4.74 Å². The predicted molar refractivity (Wildman–Crippen MR) is 77.8 cm³/mol. The number of aromatic nitrogens is 1. The Bertz CT molecular complexity index is 380. The van der Waals surface area contributed by atoms with Gasteiger partial charge < -0.3 is 10.1 Å². The topological polar surface area (TPSA) is 37.4 Å². The highest BCUT2D eigenvalue weighted by molar-refractivity contribution is 7.99. The summed E-state index contributed by atoms with van der Waals surface area (Å²) >= 11 is 2.05. The second kappa shape index (κ2) is 6.85. The molecular formula is C13H21N3OS. The van der Waals surface area contributed by atoms with Crippen molar-refractivity contribution in [2.75, 3.05) is 50.1 Å². The van der Waals surface area contributed by atoms with E-state index in [0.29, 0.717) is 0 Å². The Morgan fingerprint density at radius 1 is 1.44 bits per heavy atom. The van der Waals surface area contributed by atoms with Crippen LogP contribution in [0.4, 0.5) is 5.69 Å². The van der Waals surface area contributed by atoms with Crippen molar-refractivity contribution in [1.29, 1.82) is 0 Å². The zero-order valence-electron chi connectivity index (χ0n) is 11.1. The molecule has 0 atom stereocenters. The van der Waals surface area contributed by atoms with Gasteiger partial charge in [0, 0.05) is 43.4 Å². The van der Waals surface area contributed by atoms with E-state index in [1.807, 2.05) is 24.8 Å². The molecule has 5 heteroatoms. The number of ether oxygens (including phenoxy) is 1. The Balaban J connectivity index is 1.83. The fourth-order valence-electron chi connectivity index (χ4n) is 2.02. The van der Waals surface area contributed by atoms with Crippen molar-refractivity contribution in [2.45, 2.75) is 6.92 Å². The van der Waals surface area contributed by atoms with Gasteiger partial charge in [-0.2, -0.15) is 11.8 Å². The lowest BCUT2D eigenvalue weighted by atomic mass is 10.3. The first-order valence-electron chi connectivity index (χ1n) is 6.34. The molecule has 0 spiro atoms. The van der Waals surface area contributed by atoms with Gasteiger partial charge in [-0.1, -0.05) is 0 Å². The summed E-state index contributed by atoms with van der Waals surface area (Å²) in [5, 5.41) is 3.44. The maximum atomic E-state index is 5.30. The molecule has 1 N–H and O–H groups in total. The minimum atomic E-state index is 0.815. The highest BCUT2D eigenvalue weighted by atomic mass is 32.2. The Morgan fingerprint density at radius 2 is 2.22 bits per heavy atom. The number of rotatable bonds is 5. The van der Waals surface area contributed by atoms with Gasteiger partial charge in [0.2, 0.25) is 0 Å². The molecule has 2 heterocycles. The third-order valence-corrected chi connectivity index (χ3v) is 4.01. The number of nitrogens with zero attached hydrogens (tertiary/aromatic N) is 2. The van der Waals surface area contributed by atoms with Crippen LogP contribution in [0.25, 0.3) is 0 Å². The van der Waals surface area contributed by atoms with Crippen LogP contribution in [-0.4, -0.2) is 54.7 Å². The van der Waals surface area contributed by atoms with Gasteiger partial charge in [-0.05, 0) is 13.0 Å². The second-order valence-electron chi connectivity index (χ2n) is 4.41. The molecule has 1 saturated heterocycles. The van der Waals surface area contributed by atoms with Crippen molar-refractivity contribution in [1.82, 2.24) is 9.88 Å². The van der Waals surface area contributed by atoms with Gasteiger partial charge in [0.15, 0.2) is 5.75 Å². The number of methoxy groups -OCH3 is 1. The van der Waals surface area contributed by atoms with Gasteiger partial charge in [-0.3, -0.25) is 9.88 Å². The van der Waals surface area contributed by atoms with Crippen LogP contribution < -0.4 is 10.1 Å². The number of pyridine rings is 1. The highest BCUT2D eigenvalue weighted by Crippen LogP contribution is 2.23. The monoisotopic (exact) mass is 267 g/mol. The summed E-state index contributed by atoms with van der Waals surface area (Å²) in [7, 11) is 1.68. The zero-order chi connectivity index (χ0) is 12.8. The molecule has 0 aromatic carbocycles. The van der Waals surface area contributed by atoms with Crippen molar-refractivity contribution in [2.24, 2.45) is 0 Å². The van der Waals surface area contributed by atoms with Crippen LogP contribution in [0.15, 0.2) is 12.3 Å². The average molecular weight is 267 g/mol. The molecule has 0 aliphatic carbocycles. The molecule has 1 aliphatic rings. The van der Waals surface area contributed by atoms with Crippen LogP contribution in [0.2, 0.25) is 0 Å². The van der Waals surface area contributed by atoms with E-state index in [0.717, 1.165) is 30.2 Å². The molecule has 0 saturated carbocycles. The average Bonchev–Trinajstić information content (AvgIpc) is 2.40. The summed E-state index contributed by atoms with van der Waals surface area (Å²) in [4.78, 5) is 6.73. The van der Waals surface area contributed by atoms with Crippen molar-refractivity contribution >= 4 is 17.4 Å². The predicted octanol–water partition coefficient (Wildman–Crippen LogP) is 1.86. The summed E-state index contributed by atoms with van der Waals surface area (Å²) in [6.45, 7) is 6.44. The molecule has 2 rings (SSSR count). The molecule has 0 bridgehead atoms. The van der Waals surface area contributed by atoms with Gasteiger partial charge in [0.05, 0.1) is 19.0 Å². The largest absolute Gasteiger partial charge is 0.493 e. The van der Waals surface area contributed by atoms with E-state index in [1.165, 1.54) is 24.6 Å². The van der Waals surface area contributed by atoms with Crippen LogP contribution in [0.1, 0.15) is 5.69 Å². The molecule has 1 aromatic rings. The summed E-state index contributed by atoms with van der Waals surface area (Å²) in [6, 6.07) is 2.03. The molecule has 100 valence electrons. The number of hydrogen-bond donors (Lipinski definition) is 1. The summed E-state index contributed by atoms with van der Waals surface area (Å²) < 4.78 is 5.30. The third-order valence-electron chi connectivity index (χ3n) is 3.07. The van der Waals surface area contributed by atoms with Gasteiger partial charge in [-0.15, -0.1) is 0 Å². The summed E-state index contributed by atoms with van der Waals surface area (Å²) in [5.74, 6) is 3.34. The van der Waals surface area contributed by atoms with Crippen LogP contribution in [0.5, 0.6) is 5.75 Å². The Labute approximate surface area is 113 Å². The molecule has 1 aliphatic heterocycles. The molecule has 0 amide bonds. The van der Waals surface area contributed by atoms with E-state index in [2.05, 4.69) is 15.2 Å². The molecular weight excluding hydrogens is 246 g/mol. The molecule has 1 fully saturated rings. The van der Waals surface area contributed by atoms with E-state index in [9.17, 15) is 0 Å².